The van der Waals surface area contributed by atoms with Gasteiger partial charge >= 0.3 is 0 Å². The number of aromatic hydroxyl groups is 1. The topological polar surface area (TPSA) is 95.9 Å². The van der Waals surface area contributed by atoms with E-state index in [-0.39, 0.29) is 42.0 Å². The number of fused-ring (bicyclic) bond motifs is 5. The molecular formula is C45H65NO4. The summed E-state index contributed by atoms with van der Waals surface area (Å²) in [5.41, 5.74) is 9.65. The molecule has 6 saturated carbocycles. The van der Waals surface area contributed by atoms with Gasteiger partial charge in [-0.25, -0.2) is 0 Å². The van der Waals surface area contributed by atoms with Crippen molar-refractivity contribution < 1.29 is 20.1 Å². The fraction of sp³-hybridized carbons (Fsp3) is 0.822. The van der Waals surface area contributed by atoms with Crippen molar-refractivity contribution in [1.82, 2.24) is 0 Å². The molecule has 5 heteroatoms. The number of benzene rings is 1. The summed E-state index contributed by atoms with van der Waals surface area (Å²) in [4.78, 5) is 0. The van der Waals surface area contributed by atoms with Gasteiger partial charge in [0.2, 0.25) is 0 Å². The van der Waals surface area contributed by atoms with Gasteiger partial charge in [-0.1, -0.05) is 62.9 Å². The number of nitrogens with two attached hydrogens (primary N) is 1. The number of hydrogen-bond donors (Lipinski definition) is 4. The average molecular weight is 684 g/mol. The summed E-state index contributed by atoms with van der Waals surface area (Å²) in [6, 6.07) is 6.27. The largest absolute Gasteiger partial charge is 0.508 e. The predicted octanol–water partition coefficient (Wildman–Crippen LogP) is 8.20. The number of aliphatic hydroxyl groups is 2. The Bertz CT molecular complexity index is 1500. The number of aliphatic hydroxyl groups excluding tert-OH is 2. The molecule has 0 radical (unpaired) electrons. The summed E-state index contributed by atoms with van der Waals surface area (Å²) >= 11 is 0. The number of rotatable bonds is 4. The Morgan fingerprint density at radius 3 is 2.46 bits per heavy atom. The standard InChI is InChI=1S/C45H65NO4/c1-41(34-9-7-8-30(23-34)15-21-47)40-33-10-12-35(29-48)45(40,46)39-14-20-43(18-3-2-4-19-43)38-25-37(49)13-11-32(38)22-31-24-36(44(39,27-33)50-41)28-42(26-31)16-5-6-17-42/h11,13,25,30-31,33-36,39-40,47-49H,2-10,12,15-19,21-24,26-29,46H2,1H3/t30-,31-,33+,34+,35+,36+,39-,40+,41-,44-,45+/m1/s1. The predicted molar refractivity (Wildman–Crippen MR) is 197 cm³/mol. The fourth-order valence-corrected chi connectivity index (χ4v) is 15.4. The van der Waals surface area contributed by atoms with Crippen LogP contribution in [0.2, 0.25) is 0 Å². The molecule has 6 bridgehead atoms. The molecule has 7 aliphatic carbocycles. The van der Waals surface area contributed by atoms with Gasteiger partial charge in [-0.15, -0.1) is 0 Å². The molecule has 3 spiro atoms. The monoisotopic (exact) mass is 683 g/mol. The molecule has 1 aromatic rings. The van der Waals surface area contributed by atoms with Gasteiger partial charge in [-0.05, 0) is 155 Å². The second-order valence-electron chi connectivity index (χ2n) is 19.7. The van der Waals surface area contributed by atoms with Gasteiger partial charge in [-0.2, -0.15) is 0 Å². The van der Waals surface area contributed by atoms with Crippen molar-refractivity contribution in [2.24, 2.45) is 58.5 Å². The lowest BCUT2D eigenvalue weighted by molar-refractivity contribution is -0.362. The Kier molecular flexibility index (Phi) is 8.55. The molecule has 9 aliphatic rings. The first kappa shape index (κ1) is 34.2. The van der Waals surface area contributed by atoms with E-state index in [1.165, 1.54) is 81.8 Å². The third-order valence-electron chi connectivity index (χ3n) is 17.2. The van der Waals surface area contributed by atoms with E-state index in [0.717, 1.165) is 64.2 Å². The van der Waals surface area contributed by atoms with Crippen LogP contribution in [0.5, 0.6) is 5.75 Å². The van der Waals surface area contributed by atoms with Crippen molar-refractivity contribution in [3.8, 4) is 17.6 Å². The van der Waals surface area contributed by atoms with Gasteiger partial charge in [0.25, 0.3) is 0 Å². The molecule has 50 heavy (non-hydrogen) atoms. The van der Waals surface area contributed by atoms with E-state index in [1.54, 1.807) is 0 Å². The summed E-state index contributed by atoms with van der Waals surface area (Å²) in [7, 11) is 0. The van der Waals surface area contributed by atoms with Gasteiger partial charge < -0.3 is 25.8 Å². The van der Waals surface area contributed by atoms with Crippen LogP contribution < -0.4 is 5.73 Å². The molecule has 274 valence electrons. The number of ether oxygens (including phenoxy) is 1. The summed E-state index contributed by atoms with van der Waals surface area (Å²) in [6.45, 7) is 2.87. The summed E-state index contributed by atoms with van der Waals surface area (Å²) in [6.07, 6.45) is 24.6. The smallest absolute Gasteiger partial charge is 0.115 e. The lowest BCUT2D eigenvalue weighted by Crippen LogP contribution is -2.84. The maximum atomic E-state index is 11.3. The third-order valence-corrected chi connectivity index (χ3v) is 17.2. The van der Waals surface area contributed by atoms with E-state index >= 15 is 0 Å². The SMILES string of the molecule is C[C@]1([C@H]2CCC[C@H](CCO)C2)O[C@@]23C[C@@H]4CC[C@@H](CO)[C@](N)([C@@H]2C#CC2(CCCCC2)c2cc(O)ccc2C[C@@H]2C[C@H]3CC3(CCCC3)C2)[C@@H]41. The molecule has 5 nitrogen and oxygen atoms in total. The minimum Gasteiger partial charge on any atom is -0.508 e. The summed E-state index contributed by atoms with van der Waals surface area (Å²) in [5, 5.41) is 32.2. The van der Waals surface area contributed by atoms with Crippen LogP contribution in [-0.2, 0) is 16.6 Å². The van der Waals surface area contributed by atoms with Gasteiger partial charge in [0.05, 0.1) is 22.5 Å². The number of phenolic OH excluding ortho intramolecular Hbond substituents is 1. The van der Waals surface area contributed by atoms with Crippen molar-refractivity contribution in [2.45, 2.75) is 164 Å². The molecule has 2 aliphatic heterocycles. The Labute approximate surface area is 301 Å². The van der Waals surface area contributed by atoms with Gasteiger partial charge in [0, 0.05) is 30.6 Å². The van der Waals surface area contributed by atoms with Gasteiger partial charge in [0.1, 0.15) is 5.75 Å². The van der Waals surface area contributed by atoms with Crippen LogP contribution in [0.25, 0.3) is 0 Å². The average Bonchev–Trinajstić information content (AvgIpc) is 3.55. The highest BCUT2D eigenvalue weighted by Gasteiger charge is 2.76. The highest BCUT2D eigenvalue weighted by Crippen LogP contribution is 2.71. The van der Waals surface area contributed by atoms with Crippen molar-refractivity contribution in [2.75, 3.05) is 13.2 Å². The van der Waals surface area contributed by atoms with Crippen molar-refractivity contribution in [3.05, 3.63) is 29.3 Å². The Morgan fingerprint density at radius 1 is 0.880 bits per heavy atom. The van der Waals surface area contributed by atoms with E-state index in [0.29, 0.717) is 40.8 Å². The van der Waals surface area contributed by atoms with Gasteiger partial charge in [-0.3, -0.25) is 0 Å². The molecule has 10 rings (SSSR count). The molecule has 2 saturated heterocycles. The normalized spacial score (nSPS) is 45.6. The lowest BCUT2D eigenvalue weighted by Gasteiger charge is -2.75. The molecular weight excluding hydrogens is 618 g/mol. The molecule has 5 N–H and O–H groups in total. The summed E-state index contributed by atoms with van der Waals surface area (Å²) in [5.74, 6) is 11.1. The zero-order valence-corrected chi connectivity index (χ0v) is 30.9. The maximum absolute atomic E-state index is 11.3. The van der Waals surface area contributed by atoms with Gasteiger partial charge in [0.15, 0.2) is 0 Å². The highest BCUT2D eigenvalue weighted by molar-refractivity contribution is 5.47. The maximum Gasteiger partial charge on any atom is 0.115 e. The van der Waals surface area contributed by atoms with Crippen LogP contribution in [0, 0.1) is 64.6 Å². The fourth-order valence-electron chi connectivity index (χ4n) is 15.4. The first-order valence-electron chi connectivity index (χ1n) is 21.2. The summed E-state index contributed by atoms with van der Waals surface area (Å²) < 4.78 is 8.19. The van der Waals surface area contributed by atoms with Crippen LogP contribution in [0.3, 0.4) is 0 Å². The molecule has 8 fully saturated rings. The molecule has 0 amide bonds. The Morgan fingerprint density at radius 2 is 1.68 bits per heavy atom. The Balaban J connectivity index is 1.26. The van der Waals surface area contributed by atoms with Crippen molar-refractivity contribution in [1.29, 1.82) is 0 Å². The Hall–Kier alpha value is -1.58. The minimum absolute atomic E-state index is 0.0198. The van der Waals surface area contributed by atoms with E-state index in [9.17, 15) is 15.3 Å². The van der Waals surface area contributed by atoms with Crippen LogP contribution in [-0.4, -0.2) is 45.3 Å². The second-order valence-corrected chi connectivity index (χ2v) is 19.7. The molecule has 1 aromatic carbocycles. The molecule has 11 atom stereocenters. The van der Waals surface area contributed by atoms with Crippen LogP contribution in [0.15, 0.2) is 18.2 Å². The zero-order valence-electron chi connectivity index (χ0n) is 30.9. The molecule has 0 unspecified atom stereocenters. The van der Waals surface area contributed by atoms with Crippen molar-refractivity contribution >= 4 is 0 Å². The lowest BCUT2D eigenvalue weighted by atomic mass is 9.38. The van der Waals surface area contributed by atoms with E-state index in [4.69, 9.17) is 10.5 Å². The second kappa shape index (κ2) is 12.5. The van der Waals surface area contributed by atoms with Crippen LogP contribution >= 0.6 is 0 Å². The molecule has 2 heterocycles. The number of hydrogen-bond acceptors (Lipinski definition) is 5. The minimum atomic E-state index is -0.610. The van der Waals surface area contributed by atoms with E-state index in [2.05, 4.69) is 30.9 Å². The molecule has 0 aromatic heterocycles. The third kappa shape index (κ3) is 5.07. The highest BCUT2D eigenvalue weighted by atomic mass is 16.5. The number of phenols is 1. The van der Waals surface area contributed by atoms with Crippen molar-refractivity contribution in [3.63, 3.8) is 0 Å². The van der Waals surface area contributed by atoms with E-state index in [1.807, 2.05) is 6.07 Å². The zero-order chi connectivity index (χ0) is 34.4. The first-order valence-corrected chi connectivity index (χ1v) is 21.2. The first-order chi connectivity index (χ1) is 24.2. The van der Waals surface area contributed by atoms with Crippen LogP contribution in [0.4, 0.5) is 0 Å². The van der Waals surface area contributed by atoms with E-state index < -0.39 is 11.1 Å². The quantitative estimate of drug-likeness (QED) is 0.240. The van der Waals surface area contributed by atoms with Crippen LogP contribution in [0.1, 0.15) is 146 Å².